The number of alkyl carbamates (subject to hydrolysis) is 2. The van der Waals surface area contributed by atoms with Crippen molar-refractivity contribution in [3.63, 3.8) is 0 Å². The predicted molar refractivity (Wildman–Crippen MR) is 224 cm³/mol. The number of fused-ring (bicyclic) bond motifs is 7. The highest BCUT2D eigenvalue weighted by atomic mass is 16.5. The Hall–Kier alpha value is -6.61. The fourth-order valence-corrected chi connectivity index (χ4v) is 8.16. The second kappa shape index (κ2) is 19.4. The molecule has 62 heavy (non-hydrogen) atoms. The van der Waals surface area contributed by atoms with Crippen LogP contribution >= 0.6 is 0 Å². The van der Waals surface area contributed by atoms with E-state index in [1.54, 1.807) is 28.1 Å². The molecule has 5 heterocycles. The zero-order valence-corrected chi connectivity index (χ0v) is 35.5. The van der Waals surface area contributed by atoms with Crippen LogP contribution in [0.1, 0.15) is 97.6 Å². The number of hydrogen-bond acceptors (Lipinski definition) is 12. The fraction of sp³-hybridized carbons (Fsp3) is 0.477. The Labute approximate surface area is 358 Å². The lowest BCUT2D eigenvalue weighted by atomic mass is 10.0. The molecule has 2 fully saturated rings. The maximum absolute atomic E-state index is 13.8. The Bertz CT molecular complexity index is 2380. The summed E-state index contributed by atoms with van der Waals surface area (Å²) in [7, 11) is 3.80. The number of carbonyl (C=O) groups excluding carboxylic acids is 5. The van der Waals surface area contributed by atoms with Gasteiger partial charge in [0.1, 0.15) is 40.6 Å². The van der Waals surface area contributed by atoms with Crippen LogP contribution in [0.25, 0.3) is 22.3 Å². The Balaban J connectivity index is 1.17. The van der Waals surface area contributed by atoms with Crippen LogP contribution in [-0.4, -0.2) is 126 Å². The zero-order chi connectivity index (χ0) is 43.9. The SMILES string of the molecule is COC(=O)N[C@H]1COCCCCOc2cc(C#Cc3ccc4[nH]c([C@@H]5CCCN5C(=O)[C@@H](NC(=O)OC)C(C)C)nc4c3C(=O)OC)ccc2-c2cnc([nH]2)[C@@H]2CCCN2C1=O. The Kier molecular flexibility index (Phi) is 13.6. The molecule has 3 aliphatic rings. The molecule has 4 atom stereocenters. The highest BCUT2D eigenvalue weighted by Crippen LogP contribution is 2.36. The number of amides is 4. The van der Waals surface area contributed by atoms with E-state index >= 15 is 0 Å². The molecule has 0 aliphatic carbocycles. The van der Waals surface area contributed by atoms with Crippen molar-refractivity contribution in [1.82, 2.24) is 40.4 Å². The van der Waals surface area contributed by atoms with E-state index in [1.807, 2.05) is 32.0 Å². The second-order valence-electron chi connectivity index (χ2n) is 15.7. The van der Waals surface area contributed by atoms with Crippen LogP contribution in [0.4, 0.5) is 9.59 Å². The number of likely N-dealkylation sites (tertiary alicyclic amines) is 1. The molecule has 4 aromatic rings. The summed E-state index contributed by atoms with van der Waals surface area (Å²) in [5.74, 6) is 6.73. The van der Waals surface area contributed by atoms with Crippen molar-refractivity contribution in [1.29, 1.82) is 0 Å². The summed E-state index contributed by atoms with van der Waals surface area (Å²) in [6.45, 7) is 5.40. The van der Waals surface area contributed by atoms with E-state index in [9.17, 15) is 24.0 Å². The molecule has 18 nitrogen and oxygen atoms in total. The first-order valence-corrected chi connectivity index (χ1v) is 20.8. The lowest BCUT2D eigenvalue weighted by molar-refractivity contribution is -0.136. The van der Waals surface area contributed by atoms with Crippen molar-refractivity contribution in [2.45, 2.75) is 76.5 Å². The average Bonchev–Trinajstić information content (AvgIpc) is 4.12. The molecule has 2 saturated heterocycles. The minimum Gasteiger partial charge on any atom is -0.493 e. The van der Waals surface area contributed by atoms with Crippen molar-refractivity contribution in [3.8, 4) is 28.8 Å². The van der Waals surface area contributed by atoms with Crippen LogP contribution in [0.2, 0.25) is 0 Å². The third-order valence-electron chi connectivity index (χ3n) is 11.4. The third-order valence-corrected chi connectivity index (χ3v) is 11.4. The third kappa shape index (κ3) is 9.32. The van der Waals surface area contributed by atoms with Gasteiger partial charge in [-0.2, -0.15) is 0 Å². The average molecular weight is 853 g/mol. The second-order valence-corrected chi connectivity index (χ2v) is 15.7. The van der Waals surface area contributed by atoms with E-state index < -0.39 is 36.3 Å². The van der Waals surface area contributed by atoms with Gasteiger partial charge >= 0.3 is 18.2 Å². The fourth-order valence-electron chi connectivity index (χ4n) is 8.16. The Morgan fingerprint density at radius 1 is 0.887 bits per heavy atom. The molecule has 0 radical (unpaired) electrons. The number of hydrogen-bond donors (Lipinski definition) is 4. The molecule has 0 saturated carbocycles. The van der Waals surface area contributed by atoms with Crippen LogP contribution in [0.15, 0.2) is 36.5 Å². The van der Waals surface area contributed by atoms with Gasteiger partial charge < -0.3 is 54.1 Å². The molecule has 3 aliphatic heterocycles. The smallest absolute Gasteiger partial charge is 0.407 e. The summed E-state index contributed by atoms with van der Waals surface area (Å²) < 4.78 is 27.0. The van der Waals surface area contributed by atoms with E-state index in [-0.39, 0.29) is 35.9 Å². The molecule has 7 rings (SSSR count). The first kappa shape index (κ1) is 43.5. The topological polar surface area (TPSA) is 219 Å². The molecule has 0 spiro atoms. The first-order chi connectivity index (χ1) is 30.0. The number of H-pyrrole nitrogens is 2. The summed E-state index contributed by atoms with van der Waals surface area (Å²) in [5.41, 5.74) is 3.59. The number of esters is 1. The number of ether oxygens (including phenoxy) is 5. The van der Waals surface area contributed by atoms with Crippen molar-refractivity contribution in [3.05, 3.63) is 64.9 Å². The van der Waals surface area contributed by atoms with Gasteiger partial charge in [0.15, 0.2) is 0 Å². The van der Waals surface area contributed by atoms with Gasteiger partial charge in [0, 0.05) is 36.4 Å². The van der Waals surface area contributed by atoms with Crippen molar-refractivity contribution >= 4 is 41.0 Å². The summed E-state index contributed by atoms with van der Waals surface area (Å²) in [6.07, 6.45) is 4.43. The number of methoxy groups -OCH3 is 3. The maximum atomic E-state index is 13.8. The molecule has 2 bridgehead atoms. The van der Waals surface area contributed by atoms with E-state index in [0.717, 1.165) is 18.4 Å². The van der Waals surface area contributed by atoms with Crippen LogP contribution in [0.5, 0.6) is 5.75 Å². The van der Waals surface area contributed by atoms with Gasteiger partial charge in [-0.15, -0.1) is 0 Å². The van der Waals surface area contributed by atoms with E-state index in [4.69, 9.17) is 28.7 Å². The van der Waals surface area contributed by atoms with E-state index in [2.05, 4.69) is 37.4 Å². The number of benzene rings is 2. The van der Waals surface area contributed by atoms with E-state index in [1.165, 1.54) is 21.3 Å². The van der Waals surface area contributed by atoms with Gasteiger partial charge in [-0.25, -0.2) is 24.4 Å². The van der Waals surface area contributed by atoms with Gasteiger partial charge in [-0.05, 0) is 74.8 Å². The summed E-state index contributed by atoms with van der Waals surface area (Å²) in [4.78, 5) is 84.8. The molecular formula is C44H52N8O10. The molecule has 2 aromatic heterocycles. The predicted octanol–water partition coefficient (Wildman–Crippen LogP) is 4.76. The minimum atomic E-state index is -0.911. The number of nitrogens with one attached hydrogen (secondary N) is 4. The monoisotopic (exact) mass is 852 g/mol. The quantitative estimate of drug-likeness (QED) is 0.117. The van der Waals surface area contributed by atoms with Crippen LogP contribution in [0, 0.1) is 17.8 Å². The number of carbonyl (C=O) groups is 5. The van der Waals surface area contributed by atoms with E-state index in [0.29, 0.717) is 97.2 Å². The van der Waals surface area contributed by atoms with Crippen LogP contribution in [0.3, 0.4) is 0 Å². The number of aromatic amines is 2. The molecule has 4 amide bonds. The summed E-state index contributed by atoms with van der Waals surface area (Å²) in [6, 6.07) is 6.66. The van der Waals surface area contributed by atoms with Crippen molar-refractivity contribution in [2.24, 2.45) is 5.92 Å². The Morgan fingerprint density at radius 2 is 1.66 bits per heavy atom. The molecule has 18 heteroatoms. The lowest BCUT2D eigenvalue weighted by Crippen LogP contribution is -2.51. The molecule has 0 unspecified atom stereocenters. The summed E-state index contributed by atoms with van der Waals surface area (Å²) in [5, 5.41) is 5.29. The van der Waals surface area contributed by atoms with Crippen molar-refractivity contribution < 1.29 is 47.7 Å². The molecule has 328 valence electrons. The molecule has 2 aromatic carbocycles. The number of rotatable bonds is 6. The first-order valence-electron chi connectivity index (χ1n) is 20.8. The molecular weight excluding hydrogens is 801 g/mol. The van der Waals surface area contributed by atoms with Gasteiger partial charge in [-0.3, -0.25) is 9.59 Å². The largest absolute Gasteiger partial charge is 0.493 e. The zero-order valence-electron chi connectivity index (χ0n) is 35.5. The van der Waals surface area contributed by atoms with Crippen molar-refractivity contribution in [2.75, 3.05) is 54.2 Å². The normalized spacial score (nSPS) is 19.7. The minimum absolute atomic E-state index is 0.00512. The number of imidazole rings is 2. The Morgan fingerprint density at radius 3 is 2.44 bits per heavy atom. The summed E-state index contributed by atoms with van der Waals surface area (Å²) >= 11 is 0. The maximum Gasteiger partial charge on any atom is 0.407 e. The van der Waals surface area contributed by atoms with Gasteiger partial charge in [0.25, 0.3) is 0 Å². The van der Waals surface area contributed by atoms with Gasteiger partial charge in [-0.1, -0.05) is 25.7 Å². The lowest BCUT2D eigenvalue weighted by Gasteiger charge is -2.29. The number of aromatic nitrogens is 4. The highest BCUT2D eigenvalue weighted by molar-refractivity contribution is 6.04. The highest BCUT2D eigenvalue weighted by Gasteiger charge is 2.39. The molecule has 4 N–H and O–H groups in total. The standard InChI is InChI=1S/C44H52N8O10/c1-25(2)36(50-44(57)60-5)41(54)52-19-9-11-33(52)39-46-29-17-15-27(35(37(29)49-39)42(55)58-3)14-12-26-13-16-28-30-23-45-38(47-30)32-10-8-18-51(32)40(53)31(48-43(56)59-4)24-61-20-6-7-21-62-34(28)22-26/h13,15-17,22-23,25,31-33,36H,6-11,18-21,24H2,1-5H3,(H,45,47)(H,46,49)(H,48,56)(H,50,57)/t31-,32-,33-,36-/m0/s1. The van der Waals surface area contributed by atoms with Gasteiger partial charge in [0.2, 0.25) is 11.8 Å². The van der Waals surface area contributed by atoms with Gasteiger partial charge in [0.05, 0.1) is 64.0 Å². The van der Waals surface area contributed by atoms with Crippen LogP contribution < -0.4 is 15.4 Å². The van der Waals surface area contributed by atoms with Crippen LogP contribution in [-0.2, 0) is 28.5 Å². The number of nitrogens with zero attached hydrogens (tertiary/aromatic N) is 4.